The zero-order valence-corrected chi connectivity index (χ0v) is 14.6. The van der Waals surface area contributed by atoms with Gasteiger partial charge in [0.1, 0.15) is 0 Å². The van der Waals surface area contributed by atoms with Gasteiger partial charge in [0.05, 0.1) is 0 Å². The number of halogens is 1. The number of nitrogens with zero attached hydrogens (tertiary/aromatic N) is 1. The Morgan fingerprint density at radius 1 is 1.11 bits per heavy atom. The minimum atomic E-state index is 0. The predicted molar refractivity (Wildman–Crippen MR) is 78.9 cm³/mol. The second kappa shape index (κ2) is 9.40. The van der Waals surface area contributed by atoms with E-state index in [0.29, 0.717) is 0 Å². The Balaban J connectivity index is 0.00000162. The fraction of sp³-hybridized carbons (Fsp3) is 0.250. The zero-order valence-electron chi connectivity index (χ0n) is 11.6. The first kappa shape index (κ1) is 18.5. The normalized spacial score (nSPS) is 9.16. The van der Waals surface area contributed by atoms with Crippen LogP contribution >= 0.6 is 0 Å². The first-order chi connectivity index (χ1) is 8.29. The fourth-order valence-corrected chi connectivity index (χ4v) is 1.92. The molecule has 0 radical (unpaired) electrons. The van der Waals surface area contributed by atoms with Crippen molar-refractivity contribution in [2.75, 3.05) is 11.4 Å². The van der Waals surface area contributed by atoms with Gasteiger partial charge in [-0.15, -0.1) is 6.07 Å². The van der Waals surface area contributed by atoms with Gasteiger partial charge in [0, 0.05) is 13.1 Å². The van der Waals surface area contributed by atoms with Gasteiger partial charge < -0.3 is 21.9 Å². The molecule has 0 unspecified atom stereocenters. The number of aryl methyl sites for hydroxylation is 1. The van der Waals surface area contributed by atoms with Crippen LogP contribution in [0.4, 0.5) is 5.69 Å². The Kier molecular flexibility index (Phi) is 9.15. The van der Waals surface area contributed by atoms with E-state index in [1.54, 1.807) is 0 Å². The molecule has 2 aromatic rings. The van der Waals surface area contributed by atoms with Crippen LogP contribution in [0, 0.1) is 13.0 Å². The van der Waals surface area contributed by atoms with Crippen LogP contribution in [0.5, 0.6) is 0 Å². The largest absolute Gasteiger partial charge is 2.00 e. The molecule has 2 aromatic carbocycles. The van der Waals surface area contributed by atoms with Crippen LogP contribution in [0.3, 0.4) is 0 Å². The van der Waals surface area contributed by atoms with Crippen LogP contribution in [-0.2, 0) is 6.54 Å². The summed E-state index contributed by atoms with van der Waals surface area (Å²) in [6, 6.07) is 20.1. The Hall–Kier alpha value is -0.514. The van der Waals surface area contributed by atoms with Gasteiger partial charge in [-0.1, -0.05) is 42.9 Å². The summed E-state index contributed by atoms with van der Waals surface area (Å²) in [6.07, 6.45) is 0. The Bertz CT molecular complexity index is 473. The second-order valence-electron chi connectivity index (χ2n) is 4.25. The zero-order chi connectivity index (χ0) is 12.1. The SMILES string of the molecule is CCN(Cc1ccccc1)c1[c-]ccc(C)c1.[Br-].[Mg+2]. The molecule has 0 saturated carbocycles. The van der Waals surface area contributed by atoms with Gasteiger partial charge in [-0.3, -0.25) is 0 Å². The van der Waals surface area contributed by atoms with Crippen molar-refractivity contribution in [1.29, 1.82) is 0 Å². The predicted octanol–water partition coefficient (Wildman–Crippen LogP) is 0.445. The summed E-state index contributed by atoms with van der Waals surface area (Å²) in [5, 5.41) is 0. The van der Waals surface area contributed by atoms with E-state index in [0.717, 1.165) is 13.1 Å². The van der Waals surface area contributed by atoms with Gasteiger partial charge in [0.25, 0.3) is 0 Å². The van der Waals surface area contributed by atoms with Gasteiger partial charge in [-0.2, -0.15) is 23.8 Å². The van der Waals surface area contributed by atoms with Crippen LogP contribution in [-0.4, -0.2) is 29.6 Å². The summed E-state index contributed by atoms with van der Waals surface area (Å²) in [4.78, 5) is 2.34. The van der Waals surface area contributed by atoms with Crippen molar-refractivity contribution in [3.8, 4) is 0 Å². The molecular weight excluding hydrogens is 310 g/mol. The number of hydrogen-bond donors (Lipinski definition) is 0. The summed E-state index contributed by atoms with van der Waals surface area (Å²) in [7, 11) is 0. The molecule has 0 spiro atoms. The molecule has 0 N–H and O–H groups in total. The van der Waals surface area contributed by atoms with Crippen LogP contribution in [0.15, 0.2) is 48.5 Å². The molecule has 0 aromatic heterocycles. The van der Waals surface area contributed by atoms with E-state index in [-0.39, 0.29) is 40.0 Å². The van der Waals surface area contributed by atoms with Crippen LogP contribution in [0.2, 0.25) is 0 Å². The van der Waals surface area contributed by atoms with Crippen molar-refractivity contribution < 1.29 is 17.0 Å². The summed E-state index contributed by atoms with van der Waals surface area (Å²) in [5.74, 6) is 0. The monoisotopic (exact) mass is 327 g/mol. The average molecular weight is 329 g/mol. The van der Waals surface area contributed by atoms with Crippen molar-refractivity contribution >= 4 is 28.7 Å². The maximum Gasteiger partial charge on any atom is 2.00 e. The fourth-order valence-electron chi connectivity index (χ4n) is 1.92. The molecule has 2 rings (SSSR count). The third-order valence-electron chi connectivity index (χ3n) is 2.88. The maximum atomic E-state index is 3.31. The van der Waals surface area contributed by atoms with Crippen LogP contribution in [0.25, 0.3) is 0 Å². The molecule has 1 nitrogen and oxygen atoms in total. The standard InChI is InChI=1S/C16H18N.BrH.Mg/c1-3-17(13-15-9-5-4-6-10-15)16-11-7-8-14(2)12-16;;/h4-10,12H,3,13H2,1-2H3;1H;/q-1;;+2/p-1. The smallest absolute Gasteiger partial charge is 1.00 e. The average Bonchev–Trinajstić information content (AvgIpc) is 2.37. The topological polar surface area (TPSA) is 3.24 Å². The molecule has 0 atom stereocenters. The molecular formula is C16H18BrMgN. The molecule has 0 heterocycles. The minimum Gasteiger partial charge on any atom is -1.00 e. The van der Waals surface area contributed by atoms with Gasteiger partial charge in [-0.25, -0.2) is 0 Å². The van der Waals surface area contributed by atoms with Gasteiger partial charge >= 0.3 is 23.1 Å². The Morgan fingerprint density at radius 2 is 1.79 bits per heavy atom. The van der Waals surface area contributed by atoms with Crippen molar-refractivity contribution in [3.63, 3.8) is 0 Å². The molecule has 0 aliphatic carbocycles. The summed E-state index contributed by atoms with van der Waals surface area (Å²) < 4.78 is 0. The van der Waals surface area contributed by atoms with Gasteiger partial charge in [0.2, 0.25) is 0 Å². The molecule has 0 bridgehead atoms. The minimum absolute atomic E-state index is 0. The van der Waals surface area contributed by atoms with Crippen molar-refractivity contribution in [1.82, 2.24) is 0 Å². The number of anilines is 1. The molecule has 0 aliphatic rings. The third kappa shape index (κ3) is 5.55. The van der Waals surface area contributed by atoms with E-state index in [1.165, 1.54) is 16.8 Å². The number of benzene rings is 2. The Labute approximate surface area is 142 Å². The van der Waals surface area contributed by atoms with E-state index in [2.05, 4.69) is 67.3 Å². The molecule has 19 heavy (non-hydrogen) atoms. The van der Waals surface area contributed by atoms with E-state index in [4.69, 9.17) is 0 Å². The quantitative estimate of drug-likeness (QED) is 0.582. The molecule has 0 saturated heterocycles. The van der Waals surface area contributed by atoms with E-state index in [1.807, 2.05) is 6.07 Å². The molecule has 96 valence electrons. The van der Waals surface area contributed by atoms with E-state index in [9.17, 15) is 0 Å². The first-order valence-electron chi connectivity index (χ1n) is 6.07. The van der Waals surface area contributed by atoms with Gasteiger partial charge in [-0.05, 0) is 12.5 Å². The van der Waals surface area contributed by atoms with Gasteiger partial charge in [0.15, 0.2) is 0 Å². The molecule has 0 aliphatic heterocycles. The van der Waals surface area contributed by atoms with Crippen molar-refractivity contribution in [2.45, 2.75) is 20.4 Å². The van der Waals surface area contributed by atoms with Crippen LogP contribution in [0.1, 0.15) is 18.1 Å². The van der Waals surface area contributed by atoms with E-state index < -0.39 is 0 Å². The second-order valence-corrected chi connectivity index (χ2v) is 4.25. The van der Waals surface area contributed by atoms with Crippen LogP contribution < -0.4 is 21.9 Å². The van der Waals surface area contributed by atoms with E-state index >= 15 is 0 Å². The maximum absolute atomic E-state index is 3.31. The van der Waals surface area contributed by atoms with Crippen molar-refractivity contribution in [2.24, 2.45) is 0 Å². The van der Waals surface area contributed by atoms with Crippen molar-refractivity contribution in [3.05, 3.63) is 65.7 Å². The summed E-state index contributed by atoms with van der Waals surface area (Å²) in [5.41, 5.74) is 3.80. The Morgan fingerprint density at radius 3 is 2.37 bits per heavy atom. The summed E-state index contributed by atoms with van der Waals surface area (Å²) in [6.45, 7) is 6.24. The molecule has 3 heteroatoms. The number of rotatable bonds is 4. The molecule has 0 fully saturated rings. The number of hydrogen-bond acceptors (Lipinski definition) is 1. The third-order valence-corrected chi connectivity index (χ3v) is 2.88. The summed E-state index contributed by atoms with van der Waals surface area (Å²) >= 11 is 0. The molecule has 0 amide bonds. The first-order valence-corrected chi connectivity index (χ1v) is 6.07.